The molecule has 1 atom stereocenters. The highest BCUT2D eigenvalue weighted by Crippen LogP contribution is 2.27. The molecule has 0 aliphatic carbocycles. The fourth-order valence-corrected chi connectivity index (χ4v) is 3.15. The van der Waals surface area contributed by atoms with E-state index in [2.05, 4.69) is 20.3 Å². The number of carbonyl (C=O) groups is 2. The van der Waals surface area contributed by atoms with Crippen LogP contribution in [0.5, 0.6) is 0 Å². The zero-order valence-corrected chi connectivity index (χ0v) is 13.7. The minimum Gasteiger partial charge on any atom is -0.348 e. The van der Waals surface area contributed by atoms with Gasteiger partial charge in [-0.2, -0.15) is 0 Å². The van der Waals surface area contributed by atoms with Gasteiger partial charge in [-0.15, -0.1) is 0 Å². The second kappa shape index (κ2) is 6.01. The van der Waals surface area contributed by atoms with Gasteiger partial charge in [0.05, 0.1) is 18.0 Å². The van der Waals surface area contributed by atoms with E-state index in [1.807, 2.05) is 30.3 Å². The molecule has 3 aromatic rings. The number of likely N-dealkylation sites (N-methyl/N-ethyl adjacent to an activating group) is 1. The summed E-state index contributed by atoms with van der Waals surface area (Å²) >= 11 is 0. The van der Waals surface area contributed by atoms with Gasteiger partial charge < -0.3 is 15.2 Å². The van der Waals surface area contributed by atoms with Gasteiger partial charge in [-0.25, -0.2) is 9.97 Å². The van der Waals surface area contributed by atoms with Crippen molar-refractivity contribution in [3.8, 4) is 0 Å². The average Bonchev–Trinajstić information content (AvgIpc) is 3.06. The maximum Gasteiger partial charge on any atom is 0.253 e. The maximum absolute atomic E-state index is 12.7. The Morgan fingerprint density at radius 1 is 1.32 bits per heavy atom. The van der Waals surface area contributed by atoms with Gasteiger partial charge in [0.25, 0.3) is 5.91 Å². The zero-order chi connectivity index (χ0) is 17.4. The molecule has 2 amide bonds. The molecule has 4 rings (SSSR count). The number of benzene rings is 1. The Morgan fingerprint density at radius 3 is 3.00 bits per heavy atom. The molecule has 7 nitrogen and oxygen atoms in total. The lowest BCUT2D eigenvalue weighted by Crippen LogP contribution is -2.43. The number of nitrogens with one attached hydrogen (secondary N) is 2. The SMILES string of the molecule is CN1CC(C(=O)NCc2nc3ncccc3[nH]2)c2ccccc2C1=O. The van der Waals surface area contributed by atoms with E-state index in [4.69, 9.17) is 0 Å². The van der Waals surface area contributed by atoms with Crippen molar-refractivity contribution in [3.63, 3.8) is 0 Å². The molecule has 0 fully saturated rings. The van der Waals surface area contributed by atoms with E-state index in [9.17, 15) is 9.59 Å². The number of imidazole rings is 1. The predicted octanol–water partition coefficient (Wildman–Crippen LogP) is 1.44. The van der Waals surface area contributed by atoms with Crippen LogP contribution in [-0.4, -0.2) is 45.3 Å². The fourth-order valence-electron chi connectivity index (χ4n) is 3.15. The molecule has 2 aromatic heterocycles. The van der Waals surface area contributed by atoms with Gasteiger partial charge in [-0.05, 0) is 23.8 Å². The van der Waals surface area contributed by atoms with Crippen LogP contribution in [0.2, 0.25) is 0 Å². The number of carbonyl (C=O) groups excluding carboxylic acids is 2. The molecule has 0 radical (unpaired) electrons. The summed E-state index contributed by atoms with van der Waals surface area (Å²) in [6.07, 6.45) is 1.68. The number of hydrogen-bond acceptors (Lipinski definition) is 4. The molecule has 2 N–H and O–H groups in total. The first kappa shape index (κ1) is 15.3. The molecule has 0 saturated heterocycles. The highest BCUT2D eigenvalue weighted by molar-refractivity contribution is 6.00. The number of amides is 2. The molecule has 0 bridgehead atoms. The number of nitrogens with zero attached hydrogens (tertiary/aromatic N) is 3. The van der Waals surface area contributed by atoms with Crippen LogP contribution in [0.3, 0.4) is 0 Å². The Labute approximate surface area is 144 Å². The van der Waals surface area contributed by atoms with Crippen LogP contribution in [0.4, 0.5) is 0 Å². The molecular formula is C18H17N5O2. The summed E-state index contributed by atoms with van der Waals surface area (Å²) in [7, 11) is 1.71. The highest BCUT2D eigenvalue weighted by Gasteiger charge is 2.33. The van der Waals surface area contributed by atoms with Crippen molar-refractivity contribution in [2.75, 3.05) is 13.6 Å². The number of aromatic amines is 1. The molecule has 3 heterocycles. The van der Waals surface area contributed by atoms with Crippen molar-refractivity contribution in [1.82, 2.24) is 25.2 Å². The molecular weight excluding hydrogens is 318 g/mol. The first-order chi connectivity index (χ1) is 12.1. The van der Waals surface area contributed by atoms with E-state index in [0.717, 1.165) is 11.1 Å². The number of H-pyrrole nitrogens is 1. The van der Waals surface area contributed by atoms with Gasteiger partial charge in [0, 0.05) is 25.4 Å². The average molecular weight is 335 g/mol. The van der Waals surface area contributed by atoms with Gasteiger partial charge in [0.15, 0.2) is 5.65 Å². The van der Waals surface area contributed by atoms with E-state index in [1.165, 1.54) is 0 Å². The summed E-state index contributed by atoms with van der Waals surface area (Å²) in [5, 5.41) is 2.91. The number of pyridine rings is 1. The maximum atomic E-state index is 12.7. The Bertz CT molecular complexity index is 932. The largest absolute Gasteiger partial charge is 0.348 e. The van der Waals surface area contributed by atoms with Crippen molar-refractivity contribution in [2.45, 2.75) is 12.5 Å². The lowest BCUT2D eigenvalue weighted by Gasteiger charge is -2.30. The van der Waals surface area contributed by atoms with Crippen molar-refractivity contribution >= 4 is 23.0 Å². The lowest BCUT2D eigenvalue weighted by atomic mass is 9.89. The zero-order valence-electron chi connectivity index (χ0n) is 13.7. The van der Waals surface area contributed by atoms with Gasteiger partial charge in [-0.1, -0.05) is 18.2 Å². The Hall–Kier alpha value is -3.22. The van der Waals surface area contributed by atoms with E-state index in [0.29, 0.717) is 23.6 Å². The molecule has 0 spiro atoms. The smallest absolute Gasteiger partial charge is 0.253 e. The first-order valence-corrected chi connectivity index (χ1v) is 8.05. The summed E-state index contributed by atoms with van der Waals surface area (Å²) in [6.45, 7) is 0.648. The standard InChI is InChI=1S/C18H17N5O2/c1-23-10-13(11-5-2-3-6-12(11)18(23)25)17(24)20-9-15-21-14-7-4-8-19-16(14)22-15/h2-8,13H,9-10H2,1H3,(H,20,24)(H,19,21,22). The van der Waals surface area contributed by atoms with Crippen LogP contribution >= 0.6 is 0 Å². The van der Waals surface area contributed by atoms with E-state index < -0.39 is 0 Å². The summed E-state index contributed by atoms with van der Waals surface area (Å²) in [6, 6.07) is 11.0. The third-order valence-corrected chi connectivity index (χ3v) is 4.42. The van der Waals surface area contributed by atoms with Gasteiger partial charge >= 0.3 is 0 Å². The first-order valence-electron chi connectivity index (χ1n) is 8.05. The number of aromatic nitrogens is 3. The Morgan fingerprint density at radius 2 is 2.16 bits per heavy atom. The summed E-state index contributed by atoms with van der Waals surface area (Å²) in [5.74, 6) is 0.0835. The summed E-state index contributed by atoms with van der Waals surface area (Å²) < 4.78 is 0. The minimum atomic E-state index is -0.388. The molecule has 1 aliphatic rings. The van der Waals surface area contributed by atoms with Crippen LogP contribution in [0.25, 0.3) is 11.2 Å². The molecule has 126 valence electrons. The van der Waals surface area contributed by atoms with Crippen molar-refractivity contribution in [1.29, 1.82) is 0 Å². The van der Waals surface area contributed by atoms with Gasteiger partial charge in [0.2, 0.25) is 5.91 Å². The van der Waals surface area contributed by atoms with Crippen LogP contribution in [0, 0.1) is 0 Å². The van der Waals surface area contributed by atoms with Gasteiger partial charge in [0.1, 0.15) is 5.82 Å². The monoisotopic (exact) mass is 335 g/mol. The topological polar surface area (TPSA) is 91.0 Å². The molecule has 7 heteroatoms. The van der Waals surface area contributed by atoms with E-state index in [1.54, 1.807) is 24.2 Å². The van der Waals surface area contributed by atoms with Crippen LogP contribution in [0.15, 0.2) is 42.6 Å². The Kier molecular flexibility index (Phi) is 3.68. The van der Waals surface area contributed by atoms with Crippen LogP contribution < -0.4 is 5.32 Å². The van der Waals surface area contributed by atoms with E-state index in [-0.39, 0.29) is 24.3 Å². The molecule has 1 aromatic carbocycles. The molecule has 25 heavy (non-hydrogen) atoms. The van der Waals surface area contributed by atoms with Crippen molar-refractivity contribution < 1.29 is 9.59 Å². The predicted molar refractivity (Wildman–Crippen MR) is 91.9 cm³/mol. The molecule has 0 saturated carbocycles. The minimum absolute atomic E-state index is 0.0528. The highest BCUT2D eigenvalue weighted by atomic mass is 16.2. The normalized spacial score (nSPS) is 16.8. The number of rotatable bonds is 3. The quantitative estimate of drug-likeness (QED) is 0.758. The third kappa shape index (κ3) is 2.73. The van der Waals surface area contributed by atoms with E-state index >= 15 is 0 Å². The molecule has 1 aliphatic heterocycles. The molecule has 1 unspecified atom stereocenters. The number of hydrogen-bond donors (Lipinski definition) is 2. The lowest BCUT2D eigenvalue weighted by molar-refractivity contribution is -0.123. The number of fused-ring (bicyclic) bond motifs is 2. The Balaban J connectivity index is 1.53. The van der Waals surface area contributed by atoms with Crippen LogP contribution in [0.1, 0.15) is 27.7 Å². The summed E-state index contributed by atoms with van der Waals surface area (Å²) in [4.78, 5) is 38.2. The fraction of sp³-hybridized carbons (Fsp3) is 0.222. The van der Waals surface area contributed by atoms with Crippen molar-refractivity contribution in [3.05, 3.63) is 59.5 Å². The van der Waals surface area contributed by atoms with Gasteiger partial charge in [-0.3, -0.25) is 9.59 Å². The van der Waals surface area contributed by atoms with Crippen molar-refractivity contribution in [2.24, 2.45) is 0 Å². The third-order valence-electron chi connectivity index (χ3n) is 4.42. The summed E-state index contributed by atoms with van der Waals surface area (Å²) in [5.41, 5.74) is 2.82. The second-order valence-electron chi connectivity index (χ2n) is 6.10. The van der Waals surface area contributed by atoms with Crippen LogP contribution in [-0.2, 0) is 11.3 Å². The second-order valence-corrected chi connectivity index (χ2v) is 6.10.